The molecule has 9 aromatic rings. The zero-order valence-corrected chi connectivity index (χ0v) is 25.4. The highest BCUT2D eigenvalue weighted by Crippen LogP contribution is 2.49. The summed E-state index contributed by atoms with van der Waals surface area (Å²) < 4.78 is 6.15. The van der Waals surface area contributed by atoms with E-state index in [1.807, 2.05) is 12.1 Å². The Balaban J connectivity index is 1.10. The van der Waals surface area contributed by atoms with Crippen LogP contribution in [0.4, 0.5) is 28.4 Å². The third-order valence-electron chi connectivity index (χ3n) is 9.58. The molecular weight excluding hydrogens is 572 g/mol. The lowest BCUT2D eigenvalue weighted by Crippen LogP contribution is -2.09. The van der Waals surface area contributed by atoms with Crippen LogP contribution in [0.3, 0.4) is 0 Å². The molecule has 8 aromatic carbocycles. The summed E-state index contributed by atoms with van der Waals surface area (Å²) in [7, 11) is 0. The summed E-state index contributed by atoms with van der Waals surface area (Å²) in [4.78, 5) is 2.31. The second-order valence-corrected chi connectivity index (χ2v) is 12.2. The molecule has 0 atom stereocenters. The van der Waals surface area contributed by atoms with E-state index in [0.717, 1.165) is 50.4 Å². The van der Waals surface area contributed by atoms with Crippen LogP contribution in [-0.4, -0.2) is 0 Å². The van der Waals surface area contributed by atoms with Crippen molar-refractivity contribution in [3.63, 3.8) is 0 Å². The monoisotopic (exact) mass is 600 g/mol. The van der Waals surface area contributed by atoms with Gasteiger partial charge in [0, 0.05) is 50.2 Å². The number of nitrogens with one attached hydrogen (secondary N) is 1. The van der Waals surface area contributed by atoms with Gasteiger partial charge in [0.1, 0.15) is 11.2 Å². The van der Waals surface area contributed by atoms with E-state index in [-0.39, 0.29) is 0 Å². The van der Waals surface area contributed by atoms with Crippen molar-refractivity contribution in [2.24, 2.45) is 0 Å². The first-order valence-electron chi connectivity index (χ1n) is 16.0. The van der Waals surface area contributed by atoms with Gasteiger partial charge in [0.25, 0.3) is 0 Å². The van der Waals surface area contributed by atoms with Gasteiger partial charge in [0.2, 0.25) is 0 Å². The summed E-state index contributed by atoms with van der Waals surface area (Å²) >= 11 is 0. The Morgan fingerprint density at radius 3 is 2.02 bits per heavy atom. The van der Waals surface area contributed by atoms with Crippen molar-refractivity contribution in [1.29, 1.82) is 0 Å². The second-order valence-electron chi connectivity index (χ2n) is 12.2. The van der Waals surface area contributed by atoms with Crippen LogP contribution in [0.15, 0.2) is 168 Å². The van der Waals surface area contributed by atoms with E-state index in [9.17, 15) is 0 Å². The van der Waals surface area contributed by atoms with Crippen molar-refractivity contribution in [1.82, 2.24) is 0 Å². The van der Waals surface area contributed by atoms with Gasteiger partial charge in [-0.15, -0.1) is 0 Å². The fraction of sp³-hybridized carbons (Fsp3) is 0. The number of hydrogen-bond acceptors (Lipinski definition) is 3. The number of fused-ring (bicyclic) bond motifs is 7. The van der Waals surface area contributed by atoms with E-state index >= 15 is 0 Å². The quantitative estimate of drug-likeness (QED) is 0.218. The number of para-hydroxylation sites is 2. The fourth-order valence-electron chi connectivity index (χ4n) is 7.45. The topological polar surface area (TPSA) is 28.4 Å². The van der Waals surface area contributed by atoms with Crippen LogP contribution >= 0.6 is 0 Å². The third-order valence-corrected chi connectivity index (χ3v) is 9.58. The molecule has 1 aliphatic rings. The highest BCUT2D eigenvalue weighted by molar-refractivity contribution is 6.19. The van der Waals surface area contributed by atoms with Crippen LogP contribution in [0, 0.1) is 0 Å². The second kappa shape index (κ2) is 10.1. The molecule has 0 amide bonds. The van der Waals surface area contributed by atoms with Gasteiger partial charge in [-0.1, -0.05) is 103 Å². The Kier molecular flexibility index (Phi) is 5.57. The number of anilines is 5. The first-order valence-corrected chi connectivity index (χ1v) is 16.0. The summed E-state index contributed by atoms with van der Waals surface area (Å²) in [6, 6.07) is 58.5. The molecule has 3 nitrogen and oxygen atoms in total. The highest BCUT2D eigenvalue weighted by Gasteiger charge is 2.22. The van der Waals surface area contributed by atoms with Crippen LogP contribution in [0.1, 0.15) is 0 Å². The van der Waals surface area contributed by atoms with Crippen LogP contribution in [0.25, 0.3) is 65.7 Å². The lowest BCUT2D eigenvalue weighted by Gasteiger charge is -2.26. The zero-order chi connectivity index (χ0) is 30.9. The largest absolute Gasteiger partial charge is 0.456 e. The van der Waals surface area contributed by atoms with E-state index < -0.39 is 0 Å². The average molecular weight is 601 g/mol. The molecule has 0 aliphatic carbocycles. The molecule has 220 valence electrons. The van der Waals surface area contributed by atoms with Crippen molar-refractivity contribution in [2.75, 3.05) is 10.2 Å². The van der Waals surface area contributed by atoms with Crippen molar-refractivity contribution >= 4 is 71.9 Å². The van der Waals surface area contributed by atoms with E-state index in [4.69, 9.17) is 4.42 Å². The van der Waals surface area contributed by atoms with E-state index in [1.165, 1.54) is 43.8 Å². The van der Waals surface area contributed by atoms with Gasteiger partial charge in [-0.3, -0.25) is 0 Å². The van der Waals surface area contributed by atoms with Gasteiger partial charge >= 0.3 is 0 Å². The molecule has 3 heteroatoms. The minimum absolute atomic E-state index is 0.895. The molecule has 2 heterocycles. The van der Waals surface area contributed by atoms with Crippen molar-refractivity contribution in [2.45, 2.75) is 0 Å². The van der Waals surface area contributed by atoms with Crippen LogP contribution in [0.2, 0.25) is 0 Å². The molecule has 1 N–H and O–H groups in total. The minimum atomic E-state index is 0.895. The van der Waals surface area contributed by atoms with Crippen molar-refractivity contribution in [3.8, 4) is 22.3 Å². The Labute approximate surface area is 271 Å². The van der Waals surface area contributed by atoms with Gasteiger partial charge in [-0.2, -0.15) is 0 Å². The van der Waals surface area contributed by atoms with E-state index in [0.29, 0.717) is 0 Å². The van der Waals surface area contributed by atoms with Gasteiger partial charge in [-0.05, 0) is 93.5 Å². The zero-order valence-electron chi connectivity index (χ0n) is 25.4. The predicted molar refractivity (Wildman–Crippen MR) is 198 cm³/mol. The smallest absolute Gasteiger partial charge is 0.135 e. The minimum Gasteiger partial charge on any atom is -0.456 e. The van der Waals surface area contributed by atoms with Crippen molar-refractivity contribution < 1.29 is 4.42 Å². The Morgan fingerprint density at radius 1 is 0.426 bits per heavy atom. The Bertz CT molecular complexity index is 2650. The summed E-state index contributed by atoms with van der Waals surface area (Å²) in [6.45, 7) is 0. The Morgan fingerprint density at radius 2 is 1.13 bits per heavy atom. The normalized spacial score (nSPS) is 12.0. The van der Waals surface area contributed by atoms with E-state index in [1.54, 1.807) is 0 Å². The first kappa shape index (κ1) is 26.0. The van der Waals surface area contributed by atoms with Crippen LogP contribution in [0.5, 0.6) is 0 Å². The molecule has 47 heavy (non-hydrogen) atoms. The first-order chi connectivity index (χ1) is 23.3. The molecular formula is C44H28N2O. The maximum absolute atomic E-state index is 6.15. The lowest BCUT2D eigenvalue weighted by molar-refractivity contribution is 0.669. The number of rotatable bonds is 4. The molecule has 0 radical (unpaired) electrons. The maximum Gasteiger partial charge on any atom is 0.135 e. The lowest BCUT2D eigenvalue weighted by atomic mass is 9.86. The molecule has 0 unspecified atom stereocenters. The Hall–Kier alpha value is -6.32. The maximum atomic E-state index is 6.15. The van der Waals surface area contributed by atoms with Gasteiger partial charge in [0.05, 0.1) is 0 Å². The summed E-state index contributed by atoms with van der Waals surface area (Å²) in [5.41, 5.74) is 12.3. The molecule has 0 saturated carbocycles. The molecule has 0 saturated heterocycles. The number of furan rings is 1. The number of hydrogen-bond donors (Lipinski definition) is 1. The number of nitrogens with zero attached hydrogens (tertiary/aromatic N) is 1. The molecule has 1 aliphatic heterocycles. The van der Waals surface area contributed by atoms with Crippen LogP contribution in [-0.2, 0) is 0 Å². The molecule has 1 aromatic heterocycles. The molecule has 0 bridgehead atoms. The molecule has 0 spiro atoms. The third kappa shape index (κ3) is 4.00. The fourth-order valence-corrected chi connectivity index (χ4v) is 7.45. The SMILES string of the molecule is c1ccc(N(c2ccc(-c3ccc4c5c(cccc35)-c3c(ccc5ccccc35)N4)cc2)c2ccc3oc4ccccc4c3c2)cc1. The predicted octanol–water partition coefficient (Wildman–Crippen LogP) is 12.8. The molecule has 10 rings (SSSR count). The van der Waals surface area contributed by atoms with Crippen molar-refractivity contribution in [3.05, 3.63) is 164 Å². The molecule has 0 fully saturated rings. The van der Waals surface area contributed by atoms with Gasteiger partial charge < -0.3 is 14.6 Å². The number of benzene rings is 8. The van der Waals surface area contributed by atoms with Crippen LogP contribution < -0.4 is 10.2 Å². The summed E-state index contributed by atoms with van der Waals surface area (Å²) in [6.07, 6.45) is 0. The van der Waals surface area contributed by atoms with Gasteiger partial charge in [-0.25, -0.2) is 0 Å². The summed E-state index contributed by atoms with van der Waals surface area (Å²) in [5, 5.41) is 11.0. The average Bonchev–Trinajstić information content (AvgIpc) is 3.51. The van der Waals surface area contributed by atoms with E-state index in [2.05, 4.69) is 162 Å². The summed E-state index contributed by atoms with van der Waals surface area (Å²) in [5.74, 6) is 0. The van der Waals surface area contributed by atoms with Gasteiger partial charge in [0.15, 0.2) is 0 Å². The standard InChI is InChI=1S/C44H28N2O/c1-2-10-30(11-3-1)46(32-22-26-42-38(27-32)35-13-6-7-16-41(35)47-42)31-20-17-29(18-21-31)33-23-25-40-44-36(33)14-8-15-37(44)43-34-12-5-4-9-28(34)19-24-39(43)45-40/h1-27,45H. The highest BCUT2D eigenvalue weighted by atomic mass is 16.3.